The number of hydrogen-bond acceptors (Lipinski definition) is 4. The van der Waals surface area contributed by atoms with Gasteiger partial charge in [-0.1, -0.05) is 48.2 Å². The van der Waals surface area contributed by atoms with Gasteiger partial charge in [-0.05, 0) is 25.1 Å². The summed E-state index contributed by atoms with van der Waals surface area (Å²) in [5.74, 6) is 0.399. The van der Waals surface area contributed by atoms with Gasteiger partial charge in [0.25, 0.3) is 0 Å². The Bertz CT molecular complexity index is 1040. The molecule has 2 aromatic heterocycles. The molecule has 0 atom stereocenters. The van der Waals surface area contributed by atoms with Crippen LogP contribution in [0.25, 0.3) is 16.6 Å². The average molecular weight is 348 g/mol. The van der Waals surface area contributed by atoms with E-state index in [4.69, 9.17) is 0 Å². The van der Waals surface area contributed by atoms with Gasteiger partial charge < -0.3 is 4.98 Å². The first kappa shape index (κ1) is 15.7. The van der Waals surface area contributed by atoms with E-state index in [9.17, 15) is 4.79 Å². The van der Waals surface area contributed by atoms with Gasteiger partial charge in [0.2, 0.25) is 0 Å². The molecule has 2 heterocycles. The van der Waals surface area contributed by atoms with Crippen LogP contribution in [0.15, 0.2) is 66.1 Å². The minimum absolute atomic E-state index is 0.0857. The van der Waals surface area contributed by atoms with Crippen LogP contribution in [0.2, 0.25) is 0 Å². The number of Topliss-reactive ketones (excluding diaryl/α,β-unsaturated/α-hetero) is 1. The summed E-state index contributed by atoms with van der Waals surface area (Å²) >= 11 is 1.40. The smallest absolute Gasteiger partial charge is 0.196 e. The molecule has 0 radical (unpaired) electrons. The molecule has 2 aromatic carbocycles. The van der Waals surface area contributed by atoms with Crippen LogP contribution in [0, 0.1) is 6.92 Å². The molecule has 0 saturated carbocycles. The molecule has 6 heteroatoms. The van der Waals surface area contributed by atoms with Crippen LogP contribution in [0.5, 0.6) is 0 Å². The molecule has 0 unspecified atom stereocenters. The number of nitrogens with zero attached hydrogens (tertiary/aromatic N) is 3. The van der Waals surface area contributed by atoms with E-state index in [0.717, 1.165) is 27.8 Å². The third-order valence-corrected chi connectivity index (χ3v) is 5.00. The molecular weight excluding hydrogens is 332 g/mol. The summed E-state index contributed by atoms with van der Waals surface area (Å²) in [6.45, 7) is 1.93. The fourth-order valence-corrected chi connectivity index (χ4v) is 3.73. The number of nitrogens with one attached hydrogen (secondary N) is 1. The predicted octanol–water partition coefficient (Wildman–Crippen LogP) is 4.03. The highest BCUT2D eigenvalue weighted by atomic mass is 32.2. The zero-order chi connectivity index (χ0) is 17.2. The lowest BCUT2D eigenvalue weighted by atomic mass is 10.1. The summed E-state index contributed by atoms with van der Waals surface area (Å²) in [5.41, 5.74) is 3.62. The number of para-hydroxylation sites is 2. The number of rotatable bonds is 5. The Hall–Kier alpha value is -2.86. The van der Waals surface area contributed by atoms with E-state index in [1.54, 1.807) is 6.33 Å². The van der Waals surface area contributed by atoms with Gasteiger partial charge >= 0.3 is 0 Å². The van der Waals surface area contributed by atoms with Crippen LogP contribution in [0.3, 0.4) is 0 Å². The largest absolute Gasteiger partial charge is 0.358 e. The Kier molecular flexibility index (Phi) is 4.11. The van der Waals surface area contributed by atoms with Crippen molar-refractivity contribution in [3.8, 4) is 5.69 Å². The fraction of sp³-hybridized carbons (Fsp3) is 0.105. The molecule has 1 N–H and O–H groups in total. The third kappa shape index (κ3) is 2.96. The average Bonchev–Trinajstić information content (AvgIpc) is 3.23. The number of benzene rings is 2. The van der Waals surface area contributed by atoms with Crippen LogP contribution in [0.4, 0.5) is 0 Å². The maximum atomic E-state index is 12.8. The molecule has 4 rings (SSSR count). The highest BCUT2D eigenvalue weighted by Crippen LogP contribution is 2.25. The van der Waals surface area contributed by atoms with Gasteiger partial charge in [0.1, 0.15) is 6.33 Å². The first-order valence-electron chi connectivity index (χ1n) is 7.93. The molecule has 4 aromatic rings. The predicted molar refractivity (Wildman–Crippen MR) is 99.4 cm³/mol. The number of carbonyl (C=O) groups excluding carboxylic acids is 1. The Morgan fingerprint density at radius 3 is 2.72 bits per heavy atom. The van der Waals surface area contributed by atoms with Gasteiger partial charge in [-0.2, -0.15) is 0 Å². The van der Waals surface area contributed by atoms with Crippen LogP contribution in [0.1, 0.15) is 16.1 Å². The summed E-state index contributed by atoms with van der Waals surface area (Å²) < 4.78 is 1.89. The standard InChI is InChI=1S/C19H16N4OS/c1-13-18(15-9-5-6-10-16(15)21-13)17(24)11-25-19-22-20-12-23(19)14-7-3-2-4-8-14/h2-10,12,21H,11H2,1H3. The minimum Gasteiger partial charge on any atom is -0.358 e. The lowest BCUT2D eigenvalue weighted by molar-refractivity contribution is 0.102. The first-order chi connectivity index (χ1) is 12.2. The Balaban J connectivity index is 1.57. The van der Waals surface area contributed by atoms with Crippen molar-refractivity contribution in [1.82, 2.24) is 19.7 Å². The second-order valence-corrected chi connectivity index (χ2v) is 6.64. The first-order valence-corrected chi connectivity index (χ1v) is 8.91. The summed E-state index contributed by atoms with van der Waals surface area (Å²) in [4.78, 5) is 16.1. The molecule has 0 aliphatic rings. The van der Waals surface area contributed by atoms with E-state index in [1.165, 1.54) is 11.8 Å². The highest BCUT2D eigenvalue weighted by Gasteiger charge is 2.17. The monoisotopic (exact) mass is 348 g/mol. The highest BCUT2D eigenvalue weighted by molar-refractivity contribution is 7.99. The van der Waals surface area contributed by atoms with Crippen molar-refractivity contribution in [2.24, 2.45) is 0 Å². The summed E-state index contributed by atoms with van der Waals surface area (Å²) in [5, 5.41) is 9.80. The lowest BCUT2D eigenvalue weighted by Gasteiger charge is -2.06. The summed E-state index contributed by atoms with van der Waals surface area (Å²) in [6.07, 6.45) is 1.67. The zero-order valence-electron chi connectivity index (χ0n) is 13.6. The number of aryl methyl sites for hydroxylation is 1. The molecule has 0 spiro atoms. The molecule has 0 aliphatic heterocycles. The van der Waals surface area contributed by atoms with Gasteiger partial charge in [-0.15, -0.1) is 10.2 Å². The van der Waals surface area contributed by atoms with Crippen LogP contribution >= 0.6 is 11.8 Å². The van der Waals surface area contributed by atoms with Crippen molar-refractivity contribution in [1.29, 1.82) is 0 Å². The number of H-pyrrole nitrogens is 1. The molecular formula is C19H16N4OS. The van der Waals surface area contributed by atoms with E-state index in [-0.39, 0.29) is 5.78 Å². The van der Waals surface area contributed by atoms with Crippen molar-refractivity contribution >= 4 is 28.4 Å². The van der Waals surface area contributed by atoms with Crippen LogP contribution < -0.4 is 0 Å². The summed E-state index contributed by atoms with van der Waals surface area (Å²) in [6, 6.07) is 17.7. The minimum atomic E-state index is 0.0857. The van der Waals surface area contributed by atoms with Gasteiger partial charge in [-0.3, -0.25) is 9.36 Å². The quantitative estimate of drug-likeness (QED) is 0.437. The van der Waals surface area contributed by atoms with E-state index in [2.05, 4.69) is 15.2 Å². The van der Waals surface area contributed by atoms with Gasteiger partial charge in [0, 0.05) is 27.8 Å². The molecule has 0 bridgehead atoms. The van der Waals surface area contributed by atoms with Gasteiger partial charge in [0.05, 0.1) is 5.75 Å². The lowest BCUT2D eigenvalue weighted by Crippen LogP contribution is -2.05. The topological polar surface area (TPSA) is 63.6 Å². The second kappa shape index (κ2) is 6.57. The number of carbonyl (C=O) groups is 1. The van der Waals surface area contributed by atoms with Crippen molar-refractivity contribution < 1.29 is 4.79 Å². The number of aromatic amines is 1. The van der Waals surface area contributed by atoms with Crippen molar-refractivity contribution in [3.63, 3.8) is 0 Å². The molecule has 0 fully saturated rings. The third-order valence-electron chi connectivity index (χ3n) is 4.06. The van der Waals surface area contributed by atoms with Gasteiger partial charge in [-0.25, -0.2) is 0 Å². The number of fused-ring (bicyclic) bond motifs is 1. The molecule has 0 amide bonds. The fourth-order valence-electron chi connectivity index (χ4n) is 2.93. The van der Waals surface area contributed by atoms with E-state index in [0.29, 0.717) is 10.9 Å². The molecule has 5 nitrogen and oxygen atoms in total. The number of hydrogen-bond donors (Lipinski definition) is 1. The van der Waals surface area contributed by atoms with Crippen molar-refractivity contribution in [2.45, 2.75) is 12.1 Å². The number of aromatic nitrogens is 4. The number of ketones is 1. The maximum absolute atomic E-state index is 12.8. The maximum Gasteiger partial charge on any atom is 0.196 e. The van der Waals surface area contributed by atoms with E-state index >= 15 is 0 Å². The summed E-state index contributed by atoms with van der Waals surface area (Å²) in [7, 11) is 0. The Morgan fingerprint density at radius 2 is 1.88 bits per heavy atom. The molecule has 25 heavy (non-hydrogen) atoms. The second-order valence-electron chi connectivity index (χ2n) is 5.70. The normalized spacial score (nSPS) is 11.1. The molecule has 0 saturated heterocycles. The molecule has 124 valence electrons. The van der Waals surface area contributed by atoms with Crippen LogP contribution in [-0.2, 0) is 0 Å². The number of thioether (sulfide) groups is 1. The Labute approximate surface area is 149 Å². The SMILES string of the molecule is Cc1[nH]c2ccccc2c1C(=O)CSc1nncn1-c1ccccc1. The van der Waals surface area contributed by atoms with Gasteiger partial charge in [0.15, 0.2) is 10.9 Å². The van der Waals surface area contributed by atoms with E-state index in [1.807, 2.05) is 66.1 Å². The zero-order valence-corrected chi connectivity index (χ0v) is 14.5. The van der Waals surface area contributed by atoms with E-state index < -0.39 is 0 Å². The van der Waals surface area contributed by atoms with Crippen LogP contribution in [-0.4, -0.2) is 31.3 Å². The Morgan fingerprint density at radius 1 is 1.12 bits per heavy atom. The van der Waals surface area contributed by atoms with Crippen molar-refractivity contribution in [3.05, 3.63) is 72.2 Å². The molecule has 0 aliphatic carbocycles. The van der Waals surface area contributed by atoms with Crippen molar-refractivity contribution in [2.75, 3.05) is 5.75 Å².